The Morgan fingerprint density at radius 1 is 1.00 bits per heavy atom. The van der Waals surface area contributed by atoms with Crippen LogP contribution in [0.3, 0.4) is 0 Å². The number of aliphatic imine (C=N–C) groups is 1. The van der Waals surface area contributed by atoms with Gasteiger partial charge in [-0.25, -0.2) is 14.8 Å². The Bertz CT molecular complexity index is 1180. The van der Waals surface area contributed by atoms with Crippen molar-refractivity contribution >= 4 is 41.1 Å². The van der Waals surface area contributed by atoms with E-state index in [1.807, 2.05) is 24.8 Å². The standard InChI is InChI=1S/C23H24ClN7O3/c1-15-13-16(2)26-21(25-15)28-22(29-23(33)27-18-6-3-5-17(24)14-18)31-10-8-30(9-11-31)20(32)19-7-4-12-34-19/h3-7,12-14H,8-11H2,1-2H3,(H2,25,26,27,28,29,33). The van der Waals surface area contributed by atoms with E-state index in [4.69, 9.17) is 16.0 Å². The smallest absolute Gasteiger partial charge is 0.326 e. The highest BCUT2D eigenvalue weighted by Gasteiger charge is 2.26. The van der Waals surface area contributed by atoms with Gasteiger partial charge in [-0.3, -0.25) is 10.1 Å². The first-order valence-electron chi connectivity index (χ1n) is 10.7. The van der Waals surface area contributed by atoms with Crippen LogP contribution in [0.15, 0.2) is 58.1 Å². The highest BCUT2D eigenvalue weighted by atomic mass is 35.5. The zero-order valence-electron chi connectivity index (χ0n) is 18.8. The lowest BCUT2D eigenvalue weighted by molar-refractivity contribution is 0.0658. The Hall–Kier alpha value is -3.92. The second kappa shape index (κ2) is 10.3. The minimum Gasteiger partial charge on any atom is -0.459 e. The van der Waals surface area contributed by atoms with Crippen molar-refractivity contribution in [2.45, 2.75) is 13.8 Å². The number of aromatic nitrogens is 2. The van der Waals surface area contributed by atoms with Crippen LogP contribution < -0.4 is 10.6 Å². The van der Waals surface area contributed by atoms with Crippen LogP contribution in [0.5, 0.6) is 0 Å². The molecular formula is C23H24ClN7O3. The number of benzene rings is 1. The van der Waals surface area contributed by atoms with Crippen molar-refractivity contribution in [2.75, 3.05) is 31.5 Å². The van der Waals surface area contributed by atoms with Crippen LogP contribution in [-0.2, 0) is 0 Å². The third kappa shape index (κ3) is 5.90. The lowest BCUT2D eigenvalue weighted by Gasteiger charge is -2.35. The summed E-state index contributed by atoms with van der Waals surface area (Å²) in [5.74, 6) is 0.650. The number of carbonyl (C=O) groups is 2. The maximum Gasteiger partial charge on any atom is 0.326 e. The van der Waals surface area contributed by atoms with Crippen LogP contribution in [0.4, 0.5) is 16.4 Å². The fourth-order valence-corrected chi connectivity index (χ4v) is 3.73. The normalized spacial score (nSPS) is 14.1. The summed E-state index contributed by atoms with van der Waals surface area (Å²) in [4.78, 5) is 42.1. The summed E-state index contributed by atoms with van der Waals surface area (Å²) in [5.41, 5.74) is 2.08. The molecule has 1 aliphatic rings. The molecule has 1 aliphatic heterocycles. The number of guanidine groups is 1. The molecule has 176 valence electrons. The zero-order chi connectivity index (χ0) is 24.1. The van der Waals surface area contributed by atoms with Crippen LogP contribution in [0.1, 0.15) is 21.9 Å². The van der Waals surface area contributed by atoms with Crippen molar-refractivity contribution in [1.29, 1.82) is 0 Å². The molecule has 1 aromatic carbocycles. The van der Waals surface area contributed by atoms with Crippen molar-refractivity contribution in [2.24, 2.45) is 4.99 Å². The number of nitrogens with one attached hydrogen (secondary N) is 2. The third-order valence-electron chi connectivity index (χ3n) is 5.08. The number of rotatable bonds is 3. The van der Waals surface area contributed by atoms with E-state index in [1.54, 1.807) is 41.3 Å². The predicted molar refractivity (Wildman–Crippen MR) is 128 cm³/mol. The molecule has 0 spiro atoms. The summed E-state index contributed by atoms with van der Waals surface area (Å²) >= 11 is 6.01. The van der Waals surface area contributed by atoms with E-state index in [9.17, 15) is 9.59 Å². The van der Waals surface area contributed by atoms with Crippen LogP contribution in [0, 0.1) is 13.8 Å². The van der Waals surface area contributed by atoms with Gasteiger partial charge in [0.2, 0.25) is 5.96 Å². The Morgan fingerprint density at radius 2 is 1.71 bits per heavy atom. The lowest BCUT2D eigenvalue weighted by atomic mass is 10.3. The molecule has 0 saturated carbocycles. The quantitative estimate of drug-likeness (QED) is 0.436. The molecule has 2 aromatic heterocycles. The monoisotopic (exact) mass is 481 g/mol. The van der Waals surface area contributed by atoms with Gasteiger partial charge in [0, 0.05) is 48.3 Å². The van der Waals surface area contributed by atoms with Gasteiger partial charge in [0.25, 0.3) is 11.9 Å². The van der Waals surface area contributed by atoms with Crippen molar-refractivity contribution in [3.05, 3.63) is 70.9 Å². The summed E-state index contributed by atoms with van der Waals surface area (Å²) in [7, 11) is 0. The number of nitrogens with zero attached hydrogens (tertiary/aromatic N) is 5. The van der Waals surface area contributed by atoms with E-state index in [0.29, 0.717) is 42.6 Å². The molecule has 0 atom stereocenters. The first-order chi connectivity index (χ1) is 16.4. The van der Waals surface area contributed by atoms with E-state index in [-0.39, 0.29) is 17.8 Å². The largest absolute Gasteiger partial charge is 0.459 e. The molecule has 34 heavy (non-hydrogen) atoms. The zero-order valence-corrected chi connectivity index (χ0v) is 19.5. The van der Waals surface area contributed by atoms with Crippen molar-refractivity contribution in [3.8, 4) is 0 Å². The molecule has 10 nitrogen and oxygen atoms in total. The average molecular weight is 482 g/mol. The van der Waals surface area contributed by atoms with Gasteiger partial charge < -0.3 is 19.5 Å². The fourth-order valence-electron chi connectivity index (χ4n) is 3.54. The lowest BCUT2D eigenvalue weighted by Crippen LogP contribution is -2.55. The number of hydrogen-bond donors (Lipinski definition) is 2. The molecule has 2 N–H and O–H groups in total. The van der Waals surface area contributed by atoms with Crippen LogP contribution in [-0.4, -0.2) is 63.8 Å². The summed E-state index contributed by atoms with van der Waals surface area (Å²) in [6.07, 6.45) is 1.47. The number of aryl methyl sites for hydroxylation is 2. The highest BCUT2D eigenvalue weighted by Crippen LogP contribution is 2.15. The van der Waals surface area contributed by atoms with E-state index in [2.05, 4.69) is 25.6 Å². The molecule has 1 saturated heterocycles. The maximum absolute atomic E-state index is 12.7. The number of amides is 3. The minimum absolute atomic E-state index is 0.174. The predicted octanol–water partition coefficient (Wildman–Crippen LogP) is 3.61. The summed E-state index contributed by atoms with van der Waals surface area (Å²) in [6, 6.07) is 11.5. The van der Waals surface area contributed by atoms with Crippen LogP contribution >= 0.6 is 11.6 Å². The molecule has 3 heterocycles. The van der Waals surface area contributed by atoms with Crippen molar-refractivity contribution in [1.82, 2.24) is 25.1 Å². The topological polar surface area (TPSA) is 116 Å². The molecule has 0 bridgehead atoms. The number of urea groups is 1. The highest BCUT2D eigenvalue weighted by molar-refractivity contribution is 6.30. The molecule has 4 rings (SSSR count). The molecule has 0 aliphatic carbocycles. The summed E-state index contributed by atoms with van der Waals surface area (Å²) in [6.45, 7) is 5.48. The van der Waals surface area contributed by atoms with Gasteiger partial charge in [-0.05, 0) is 50.2 Å². The SMILES string of the molecule is Cc1cc(C)nc(/N=C(\NC(=O)Nc2cccc(Cl)c2)N2CCN(C(=O)c3ccco3)CC2)n1. The minimum atomic E-state index is -0.487. The molecule has 0 radical (unpaired) electrons. The van der Waals surface area contributed by atoms with Gasteiger partial charge in [-0.2, -0.15) is 4.99 Å². The molecular weight excluding hydrogens is 458 g/mol. The number of halogens is 1. The van der Waals surface area contributed by atoms with Crippen LogP contribution in [0.2, 0.25) is 5.02 Å². The van der Waals surface area contributed by atoms with Gasteiger partial charge in [0.1, 0.15) is 0 Å². The number of anilines is 1. The van der Waals surface area contributed by atoms with E-state index in [0.717, 1.165) is 11.4 Å². The average Bonchev–Trinajstić information content (AvgIpc) is 3.33. The number of piperazine rings is 1. The molecule has 0 unspecified atom stereocenters. The van der Waals surface area contributed by atoms with Gasteiger partial charge >= 0.3 is 6.03 Å². The molecule has 3 aromatic rings. The summed E-state index contributed by atoms with van der Waals surface area (Å²) < 4.78 is 5.22. The second-order valence-electron chi connectivity index (χ2n) is 7.73. The van der Waals surface area contributed by atoms with Gasteiger partial charge in [-0.1, -0.05) is 17.7 Å². The number of carbonyl (C=O) groups excluding carboxylic acids is 2. The van der Waals surface area contributed by atoms with Gasteiger partial charge in [-0.15, -0.1) is 0 Å². The maximum atomic E-state index is 12.7. The van der Waals surface area contributed by atoms with Crippen molar-refractivity contribution < 1.29 is 14.0 Å². The Labute approximate surface area is 201 Å². The first-order valence-corrected chi connectivity index (χ1v) is 11.1. The van der Waals surface area contributed by atoms with Gasteiger partial charge in [0.05, 0.1) is 6.26 Å². The molecule has 1 fully saturated rings. The molecule has 11 heteroatoms. The number of furan rings is 1. The Kier molecular flexibility index (Phi) is 7.07. The van der Waals surface area contributed by atoms with Crippen LogP contribution in [0.25, 0.3) is 0 Å². The Morgan fingerprint density at radius 3 is 2.35 bits per heavy atom. The van der Waals surface area contributed by atoms with E-state index >= 15 is 0 Å². The van der Waals surface area contributed by atoms with E-state index in [1.165, 1.54) is 6.26 Å². The van der Waals surface area contributed by atoms with E-state index < -0.39 is 6.03 Å². The van der Waals surface area contributed by atoms with Crippen molar-refractivity contribution in [3.63, 3.8) is 0 Å². The fraction of sp³-hybridized carbons (Fsp3) is 0.261. The summed E-state index contributed by atoms with van der Waals surface area (Å²) in [5, 5.41) is 6.05. The molecule has 3 amide bonds. The van der Waals surface area contributed by atoms with Gasteiger partial charge in [0.15, 0.2) is 5.76 Å². The third-order valence-corrected chi connectivity index (χ3v) is 5.32. The first kappa shape index (κ1) is 23.2. The number of hydrogen-bond acceptors (Lipinski definition) is 6. The second-order valence-corrected chi connectivity index (χ2v) is 8.17. The Balaban J connectivity index is 1.51.